The number of nitrogens with one attached hydrogen (secondary N) is 2. The van der Waals surface area contributed by atoms with E-state index < -0.39 is 18.5 Å². The molecule has 1 amide bonds. The normalized spacial score (nSPS) is 15.8. The van der Waals surface area contributed by atoms with Gasteiger partial charge in [0.2, 0.25) is 5.91 Å². The summed E-state index contributed by atoms with van der Waals surface area (Å²) in [5, 5.41) is 5.57. The molecule has 0 spiro atoms. The van der Waals surface area contributed by atoms with Gasteiger partial charge in [0.1, 0.15) is 11.7 Å². The molecule has 6 heteroatoms. The Bertz CT molecular complexity index is 675. The first kappa shape index (κ1) is 16.5. The summed E-state index contributed by atoms with van der Waals surface area (Å²) in [7, 11) is 0. The lowest BCUT2D eigenvalue weighted by molar-refractivity contribution is -0.124. The van der Waals surface area contributed by atoms with Crippen LogP contribution < -0.4 is 10.6 Å². The van der Waals surface area contributed by atoms with Gasteiger partial charge in [-0.05, 0) is 30.5 Å². The summed E-state index contributed by atoms with van der Waals surface area (Å²) >= 11 is 0. The molecule has 1 saturated carbocycles. The van der Waals surface area contributed by atoms with E-state index in [2.05, 4.69) is 15.6 Å². The minimum absolute atomic E-state index is 0.168. The van der Waals surface area contributed by atoms with Gasteiger partial charge in [-0.1, -0.05) is 36.4 Å². The molecule has 1 atom stereocenters. The van der Waals surface area contributed by atoms with Gasteiger partial charge in [0.25, 0.3) is 0 Å². The minimum Gasteiger partial charge on any atom is -0.352 e. The largest absolute Gasteiger partial charge is 0.352 e. The lowest BCUT2D eigenvalue weighted by Gasteiger charge is -2.22. The summed E-state index contributed by atoms with van der Waals surface area (Å²) < 4.78 is 28.6. The second kappa shape index (κ2) is 7.05. The lowest BCUT2D eigenvalue weighted by atomic mass is 10.1. The highest BCUT2D eigenvalue weighted by Crippen LogP contribution is 2.27. The summed E-state index contributed by atoms with van der Waals surface area (Å²) in [6.45, 7) is -0.665. The predicted molar refractivity (Wildman–Crippen MR) is 86.5 cm³/mol. The van der Waals surface area contributed by atoms with E-state index in [-0.39, 0.29) is 17.6 Å². The fourth-order valence-corrected chi connectivity index (χ4v) is 2.42. The molecular weight excluding hydrogens is 312 g/mol. The molecule has 1 fully saturated rings. The van der Waals surface area contributed by atoms with Crippen LogP contribution in [0.15, 0.2) is 54.7 Å². The van der Waals surface area contributed by atoms with E-state index >= 15 is 0 Å². The van der Waals surface area contributed by atoms with Crippen LogP contribution in [0.4, 0.5) is 8.78 Å². The van der Waals surface area contributed by atoms with Crippen molar-refractivity contribution < 1.29 is 13.6 Å². The monoisotopic (exact) mass is 331 g/mol. The smallest absolute Gasteiger partial charge is 0.301 e. The Morgan fingerprint density at radius 1 is 1.17 bits per heavy atom. The Balaban J connectivity index is 1.72. The van der Waals surface area contributed by atoms with Crippen molar-refractivity contribution in [3.05, 3.63) is 66.0 Å². The second-order valence-electron chi connectivity index (χ2n) is 5.93. The van der Waals surface area contributed by atoms with Crippen molar-refractivity contribution in [2.24, 2.45) is 0 Å². The third kappa shape index (κ3) is 4.14. The molecule has 1 aliphatic rings. The van der Waals surface area contributed by atoms with Crippen LogP contribution >= 0.6 is 0 Å². The first-order valence-electron chi connectivity index (χ1n) is 7.94. The molecule has 24 heavy (non-hydrogen) atoms. The Morgan fingerprint density at radius 3 is 2.50 bits per heavy atom. The predicted octanol–water partition coefficient (Wildman–Crippen LogP) is 2.78. The van der Waals surface area contributed by atoms with Gasteiger partial charge < -0.3 is 5.32 Å². The van der Waals surface area contributed by atoms with Gasteiger partial charge in [0.15, 0.2) is 0 Å². The average molecular weight is 331 g/mol. The number of alkyl halides is 2. The number of hydrogen-bond acceptors (Lipinski definition) is 3. The first-order chi connectivity index (χ1) is 11.6. The molecule has 0 bridgehead atoms. The average Bonchev–Trinajstić information content (AvgIpc) is 3.41. The maximum atomic E-state index is 14.3. The molecule has 1 unspecified atom stereocenters. The molecule has 1 aliphatic carbocycles. The van der Waals surface area contributed by atoms with Crippen molar-refractivity contribution in [2.75, 3.05) is 6.54 Å². The van der Waals surface area contributed by atoms with Crippen molar-refractivity contribution >= 4 is 5.91 Å². The fourth-order valence-electron chi connectivity index (χ4n) is 2.42. The van der Waals surface area contributed by atoms with Gasteiger partial charge in [-0.25, -0.2) is 0 Å². The molecule has 126 valence electrons. The highest BCUT2D eigenvalue weighted by molar-refractivity contribution is 5.83. The highest BCUT2D eigenvalue weighted by Gasteiger charge is 2.35. The standard InChI is InChI=1S/C18H19F2N3O/c19-18(20,15-8-4-5-11-21-15)12-22-16(13-6-2-1-3-7-13)17(24)23-14-9-10-14/h1-8,11,14,16,22H,9-10,12H2,(H,23,24). The molecule has 2 aromatic rings. The maximum absolute atomic E-state index is 14.3. The Morgan fingerprint density at radius 2 is 1.88 bits per heavy atom. The van der Waals surface area contributed by atoms with Gasteiger partial charge in [0, 0.05) is 12.2 Å². The van der Waals surface area contributed by atoms with Gasteiger partial charge in [-0.2, -0.15) is 8.78 Å². The fraction of sp³-hybridized carbons (Fsp3) is 0.333. The third-order valence-corrected chi connectivity index (χ3v) is 3.89. The number of benzene rings is 1. The number of carbonyl (C=O) groups is 1. The summed E-state index contributed by atoms with van der Waals surface area (Å²) in [4.78, 5) is 16.1. The highest BCUT2D eigenvalue weighted by atomic mass is 19.3. The zero-order chi connectivity index (χ0) is 17.0. The van der Waals surface area contributed by atoms with E-state index in [4.69, 9.17) is 0 Å². The Kier molecular flexibility index (Phi) is 4.85. The van der Waals surface area contributed by atoms with Crippen LogP contribution in [-0.4, -0.2) is 23.5 Å². The SMILES string of the molecule is O=C(NC1CC1)C(NCC(F)(F)c1ccccn1)c1ccccc1. The van der Waals surface area contributed by atoms with Crippen LogP contribution in [-0.2, 0) is 10.7 Å². The number of halogens is 2. The summed E-state index contributed by atoms with van der Waals surface area (Å²) in [5.41, 5.74) is 0.347. The number of rotatable bonds is 7. The van der Waals surface area contributed by atoms with Gasteiger partial charge in [-0.3, -0.25) is 15.1 Å². The zero-order valence-corrected chi connectivity index (χ0v) is 13.1. The van der Waals surface area contributed by atoms with E-state index in [1.807, 2.05) is 6.07 Å². The summed E-state index contributed by atoms with van der Waals surface area (Å²) in [6, 6.07) is 12.6. The van der Waals surface area contributed by atoms with E-state index in [9.17, 15) is 13.6 Å². The number of amides is 1. The molecule has 0 radical (unpaired) electrons. The third-order valence-electron chi connectivity index (χ3n) is 3.89. The van der Waals surface area contributed by atoms with Crippen LogP contribution in [0, 0.1) is 0 Å². The van der Waals surface area contributed by atoms with Crippen molar-refractivity contribution in [1.29, 1.82) is 0 Å². The Hall–Kier alpha value is -2.34. The van der Waals surface area contributed by atoms with Gasteiger partial charge in [-0.15, -0.1) is 0 Å². The molecule has 4 nitrogen and oxygen atoms in total. The Labute approximate surface area is 139 Å². The number of pyridine rings is 1. The summed E-state index contributed by atoms with van der Waals surface area (Å²) in [6.07, 6.45) is 3.21. The van der Waals surface area contributed by atoms with E-state index in [0.29, 0.717) is 5.56 Å². The van der Waals surface area contributed by atoms with E-state index in [1.54, 1.807) is 30.3 Å². The molecule has 2 N–H and O–H groups in total. The minimum atomic E-state index is -3.16. The zero-order valence-electron chi connectivity index (χ0n) is 13.1. The number of carbonyl (C=O) groups excluding carboxylic acids is 1. The van der Waals surface area contributed by atoms with E-state index in [1.165, 1.54) is 18.3 Å². The molecule has 0 aliphatic heterocycles. The number of nitrogens with zero attached hydrogens (tertiary/aromatic N) is 1. The molecular formula is C18H19F2N3O. The molecule has 1 aromatic carbocycles. The molecule has 1 heterocycles. The van der Waals surface area contributed by atoms with Crippen LogP contribution in [0.3, 0.4) is 0 Å². The van der Waals surface area contributed by atoms with Crippen LogP contribution in [0.1, 0.15) is 30.1 Å². The number of aromatic nitrogens is 1. The van der Waals surface area contributed by atoms with Crippen LogP contribution in [0.2, 0.25) is 0 Å². The van der Waals surface area contributed by atoms with Crippen molar-refractivity contribution in [2.45, 2.75) is 30.8 Å². The van der Waals surface area contributed by atoms with Crippen LogP contribution in [0.5, 0.6) is 0 Å². The molecule has 3 rings (SSSR count). The topological polar surface area (TPSA) is 54.0 Å². The van der Waals surface area contributed by atoms with Crippen molar-refractivity contribution in [3.63, 3.8) is 0 Å². The van der Waals surface area contributed by atoms with Gasteiger partial charge in [0.05, 0.1) is 6.54 Å². The van der Waals surface area contributed by atoms with E-state index in [0.717, 1.165) is 12.8 Å². The molecule has 1 aromatic heterocycles. The quantitative estimate of drug-likeness (QED) is 0.820. The first-order valence-corrected chi connectivity index (χ1v) is 7.94. The second-order valence-corrected chi connectivity index (χ2v) is 5.93. The van der Waals surface area contributed by atoms with Crippen molar-refractivity contribution in [3.8, 4) is 0 Å². The van der Waals surface area contributed by atoms with Crippen molar-refractivity contribution in [1.82, 2.24) is 15.6 Å². The lowest BCUT2D eigenvalue weighted by Crippen LogP contribution is -2.42. The number of hydrogen-bond donors (Lipinski definition) is 2. The van der Waals surface area contributed by atoms with Crippen LogP contribution in [0.25, 0.3) is 0 Å². The summed E-state index contributed by atoms with van der Waals surface area (Å²) in [5.74, 6) is -3.44. The van der Waals surface area contributed by atoms with Gasteiger partial charge >= 0.3 is 5.92 Å². The molecule has 0 saturated heterocycles. The maximum Gasteiger partial charge on any atom is 0.301 e.